The molecule has 0 aromatic heterocycles. The Morgan fingerprint density at radius 1 is 1.31 bits per heavy atom. The molecule has 2 nitrogen and oxygen atoms in total. The summed E-state index contributed by atoms with van der Waals surface area (Å²) in [5, 5.41) is 0. The van der Waals surface area contributed by atoms with E-state index in [4.69, 9.17) is 4.79 Å². The van der Waals surface area contributed by atoms with Crippen LogP contribution in [-0.4, -0.2) is 13.6 Å². The van der Waals surface area contributed by atoms with Crippen LogP contribution in [0.25, 0.3) is 0 Å². The van der Waals surface area contributed by atoms with E-state index in [1.54, 1.807) is 0 Å². The fourth-order valence-electron chi connectivity index (χ4n) is 0.539. The van der Waals surface area contributed by atoms with Gasteiger partial charge in [0.15, 0.2) is 0 Å². The molecular formula is C11H22O2. The van der Waals surface area contributed by atoms with Gasteiger partial charge in [-0.3, -0.25) is 4.79 Å². The fraction of sp³-hybridized carbons (Fsp3) is 0.545. The molecule has 0 atom stereocenters. The first-order chi connectivity index (χ1) is 6.33. The summed E-state index contributed by atoms with van der Waals surface area (Å²) in [6.07, 6.45) is 7.16. The van der Waals surface area contributed by atoms with Gasteiger partial charge in [0, 0.05) is 0 Å². The quantitative estimate of drug-likeness (QED) is 0.374. The summed E-state index contributed by atoms with van der Waals surface area (Å²) in [5.41, 5.74) is 0. The van der Waals surface area contributed by atoms with Crippen molar-refractivity contribution in [2.45, 2.75) is 32.6 Å². The largest absolute Gasteiger partial charge is 0.471 e. The molecule has 0 aliphatic carbocycles. The number of hydrogen-bond acceptors (Lipinski definition) is 2. The van der Waals surface area contributed by atoms with Crippen molar-refractivity contribution in [1.29, 1.82) is 0 Å². The van der Waals surface area contributed by atoms with Gasteiger partial charge in [-0.05, 0) is 12.8 Å². The van der Waals surface area contributed by atoms with Crippen LogP contribution in [-0.2, 0) is 9.53 Å². The highest BCUT2D eigenvalue weighted by molar-refractivity contribution is 5.36. The monoisotopic (exact) mass is 186 g/mol. The Bertz CT molecular complexity index is 90.1. The average Bonchev–Trinajstić information content (AvgIpc) is 2.22. The van der Waals surface area contributed by atoms with Crippen molar-refractivity contribution in [2.75, 3.05) is 7.11 Å². The molecule has 0 N–H and O–H groups in total. The van der Waals surface area contributed by atoms with E-state index >= 15 is 0 Å². The van der Waals surface area contributed by atoms with E-state index < -0.39 is 0 Å². The molecule has 0 bridgehead atoms. The Hall–Kier alpha value is -1.05. The highest BCUT2D eigenvalue weighted by Crippen LogP contribution is 1.97. The topological polar surface area (TPSA) is 26.3 Å². The number of carbonyl (C=O) groups excluding carboxylic acids is 1. The molecule has 13 heavy (non-hydrogen) atoms. The summed E-state index contributed by atoms with van der Waals surface area (Å²) in [6.45, 7) is 12.2. The molecule has 0 fully saturated rings. The Labute approximate surface area is 82.3 Å². The van der Waals surface area contributed by atoms with Crippen LogP contribution >= 0.6 is 0 Å². The van der Waals surface area contributed by atoms with E-state index in [1.807, 2.05) is 6.08 Å². The lowest BCUT2D eigenvalue weighted by Gasteiger charge is -1.87. The van der Waals surface area contributed by atoms with Crippen LogP contribution in [0, 0.1) is 0 Å². The molecule has 0 amide bonds. The number of ether oxygens (including phenoxy) is 1. The molecule has 0 rings (SSSR count). The Morgan fingerprint density at radius 3 is 2.00 bits per heavy atom. The number of rotatable bonds is 5. The number of hydrogen-bond donors (Lipinski definition) is 0. The fourth-order valence-corrected chi connectivity index (χ4v) is 0.539. The predicted octanol–water partition coefficient (Wildman–Crippen LogP) is 3.34. The van der Waals surface area contributed by atoms with E-state index in [1.165, 1.54) is 32.8 Å². The summed E-state index contributed by atoms with van der Waals surface area (Å²) in [4.78, 5) is 8.95. The van der Waals surface area contributed by atoms with Gasteiger partial charge < -0.3 is 4.74 Å². The van der Waals surface area contributed by atoms with Crippen molar-refractivity contribution in [3.63, 3.8) is 0 Å². The number of unbranched alkanes of at least 4 members (excludes halogenated alkanes) is 3. The van der Waals surface area contributed by atoms with E-state index in [-0.39, 0.29) is 0 Å². The first-order valence-electron chi connectivity index (χ1n) is 4.40. The highest BCUT2D eigenvalue weighted by Gasteiger charge is 1.77. The molecule has 0 unspecified atom stereocenters. The summed E-state index contributed by atoms with van der Waals surface area (Å²) < 4.78 is 3.86. The molecule has 0 spiro atoms. The number of methoxy groups -OCH3 is 1. The summed E-state index contributed by atoms with van der Waals surface area (Å²) in [7, 11) is 1.31. The van der Waals surface area contributed by atoms with Crippen molar-refractivity contribution in [2.24, 2.45) is 0 Å². The van der Waals surface area contributed by atoms with Gasteiger partial charge in [-0.25, -0.2) is 0 Å². The van der Waals surface area contributed by atoms with Gasteiger partial charge in [-0.2, -0.15) is 0 Å². The van der Waals surface area contributed by atoms with E-state index in [0.717, 1.165) is 0 Å². The lowest BCUT2D eigenvalue weighted by molar-refractivity contribution is -0.126. The third kappa shape index (κ3) is 56.2. The zero-order chi connectivity index (χ0) is 10.9. The van der Waals surface area contributed by atoms with Crippen LogP contribution in [0.1, 0.15) is 32.6 Å². The van der Waals surface area contributed by atoms with Crippen LogP contribution in [0.3, 0.4) is 0 Å². The average molecular weight is 186 g/mol. The van der Waals surface area contributed by atoms with E-state index in [0.29, 0.717) is 6.47 Å². The Kier molecular flexibility index (Phi) is 42.1. The lowest BCUT2D eigenvalue weighted by Crippen LogP contribution is -1.68. The van der Waals surface area contributed by atoms with Gasteiger partial charge in [0.2, 0.25) is 0 Å². The molecule has 0 saturated carbocycles. The van der Waals surface area contributed by atoms with E-state index in [2.05, 4.69) is 31.4 Å². The molecule has 0 radical (unpaired) electrons. The maximum Gasteiger partial charge on any atom is 0.292 e. The van der Waals surface area contributed by atoms with Gasteiger partial charge in [0.25, 0.3) is 6.47 Å². The van der Waals surface area contributed by atoms with Crippen LogP contribution in [0.2, 0.25) is 0 Å². The minimum Gasteiger partial charge on any atom is -0.471 e. The zero-order valence-electron chi connectivity index (χ0n) is 8.92. The van der Waals surface area contributed by atoms with Crippen molar-refractivity contribution in [3.05, 3.63) is 25.8 Å². The smallest absolute Gasteiger partial charge is 0.292 e. The second-order valence-corrected chi connectivity index (χ2v) is 2.12. The Morgan fingerprint density at radius 2 is 1.77 bits per heavy atom. The lowest BCUT2D eigenvalue weighted by atomic mass is 10.2. The third-order valence-electron chi connectivity index (χ3n) is 1.11. The summed E-state index contributed by atoms with van der Waals surface area (Å²) >= 11 is 0. The van der Waals surface area contributed by atoms with Crippen molar-refractivity contribution in [1.82, 2.24) is 0 Å². The van der Waals surface area contributed by atoms with Crippen LogP contribution < -0.4 is 0 Å². The normalized spacial score (nSPS) is 6.62. The second-order valence-electron chi connectivity index (χ2n) is 2.12. The van der Waals surface area contributed by atoms with Gasteiger partial charge in [-0.15, -0.1) is 19.7 Å². The van der Waals surface area contributed by atoms with Gasteiger partial charge in [0.1, 0.15) is 0 Å². The van der Waals surface area contributed by atoms with Crippen molar-refractivity contribution >= 4 is 6.47 Å². The van der Waals surface area contributed by atoms with E-state index in [9.17, 15) is 0 Å². The number of allylic oxidation sites excluding steroid dienone is 1. The Balaban J connectivity index is -0.000000142. The zero-order valence-corrected chi connectivity index (χ0v) is 8.92. The molecular weight excluding hydrogens is 164 g/mol. The summed E-state index contributed by atoms with van der Waals surface area (Å²) in [6, 6.07) is 0. The molecule has 78 valence electrons. The molecule has 0 saturated heterocycles. The molecule has 2 heteroatoms. The van der Waals surface area contributed by atoms with Crippen LogP contribution in [0.5, 0.6) is 0 Å². The summed E-state index contributed by atoms with van der Waals surface area (Å²) in [5.74, 6) is 0. The van der Waals surface area contributed by atoms with Gasteiger partial charge in [-0.1, -0.05) is 25.8 Å². The molecule has 0 aromatic carbocycles. The predicted molar refractivity (Wildman–Crippen MR) is 58.7 cm³/mol. The third-order valence-corrected chi connectivity index (χ3v) is 1.11. The van der Waals surface area contributed by atoms with Gasteiger partial charge in [0.05, 0.1) is 7.11 Å². The molecule has 0 aromatic rings. The highest BCUT2D eigenvalue weighted by atomic mass is 16.5. The maximum atomic E-state index is 8.95. The van der Waals surface area contributed by atoms with Crippen molar-refractivity contribution < 1.29 is 9.53 Å². The van der Waals surface area contributed by atoms with Crippen LogP contribution in [0.15, 0.2) is 25.8 Å². The number of carbonyl (C=O) groups is 1. The second kappa shape index (κ2) is 30.6. The maximum absolute atomic E-state index is 8.95. The molecule has 0 aliphatic heterocycles. The first kappa shape index (κ1) is 17.9. The molecule has 0 aliphatic rings. The van der Waals surface area contributed by atoms with Crippen molar-refractivity contribution in [3.8, 4) is 0 Å². The first-order valence-corrected chi connectivity index (χ1v) is 4.40. The minimum atomic E-state index is 0.375. The van der Waals surface area contributed by atoms with Crippen LogP contribution in [0.4, 0.5) is 0 Å². The SMILES string of the molecule is C=C.C=CCCCCC.COC=O. The minimum absolute atomic E-state index is 0.375. The molecule has 0 heterocycles. The van der Waals surface area contributed by atoms with Gasteiger partial charge >= 0.3 is 0 Å². The standard InChI is InChI=1S/C7H14.C2H4O2.C2H4/c1-3-5-7-6-4-2;1-4-2-3;1-2/h3H,1,4-7H2,2H3;2H,1H3;1-2H2.